The SMILES string of the molecule is CSc1ccc([C@@H]2c3ccccc3C=[N+](C)[C@H]2CO)cc1. The van der Waals surface area contributed by atoms with Gasteiger partial charge in [-0.05, 0) is 35.6 Å². The van der Waals surface area contributed by atoms with Crippen LogP contribution in [-0.2, 0) is 0 Å². The van der Waals surface area contributed by atoms with Gasteiger partial charge in [0.15, 0.2) is 12.3 Å². The first-order chi connectivity index (χ1) is 10.2. The average Bonchev–Trinajstić information content (AvgIpc) is 2.53. The van der Waals surface area contributed by atoms with E-state index < -0.39 is 0 Å². The fourth-order valence-corrected chi connectivity index (χ4v) is 3.52. The van der Waals surface area contributed by atoms with E-state index in [1.165, 1.54) is 21.6 Å². The standard InChI is InChI=1S/C18H20NOS/c1-19-11-14-5-3-4-6-16(14)18(17(19)12-20)13-7-9-15(21-2)10-8-13/h3-11,17-18,20H,12H2,1-2H3/q+1/t17-,18+/m0/s1. The first-order valence-corrected chi connectivity index (χ1v) is 8.37. The molecule has 3 rings (SSSR count). The van der Waals surface area contributed by atoms with Gasteiger partial charge in [0, 0.05) is 10.5 Å². The summed E-state index contributed by atoms with van der Waals surface area (Å²) in [4.78, 5) is 1.27. The van der Waals surface area contributed by atoms with Crippen LogP contribution in [0.3, 0.4) is 0 Å². The van der Waals surface area contributed by atoms with Gasteiger partial charge in [0.05, 0.1) is 5.92 Å². The van der Waals surface area contributed by atoms with Gasteiger partial charge < -0.3 is 5.11 Å². The molecular weight excluding hydrogens is 278 g/mol. The summed E-state index contributed by atoms with van der Waals surface area (Å²) in [6.45, 7) is 0.149. The van der Waals surface area contributed by atoms with Gasteiger partial charge in [-0.3, -0.25) is 0 Å². The molecule has 0 aliphatic carbocycles. The van der Waals surface area contributed by atoms with Crippen molar-refractivity contribution < 1.29 is 9.68 Å². The van der Waals surface area contributed by atoms with Crippen molar-refractivity contribution in [3.8, 4) is 0 Å². The minimum atomic E-state index is 0.0834. The Labute approximate surface area is 130 Å². The lowest BCUT2D eigenvalue weighted by molar-refractivity contribution is -0.541. The Bertz CT molecular complexity index is 663. The van der Waals surface area contributed by atoms with Crippen LogP contribution in [0.2, 0.25) is 0 Å². The van der Waals surface area contributed by atoms with Crippen molar-refractivity contribution in [2.45, 2.75) is 16.9 Å². The summed E-state index contributed by atoms with van der Waals surface area (Å²) in [5.41, 5.74) is 3.80. The van der Waals surface area contributed by atoms with Crippen LogP contribution in [-0.4, -0.2) is 41.8 Å². The van der Waals surface area contributed by atoms with Gasteiger partial charge in [-0.25, -0.2) is 4.58 Å². The summed E-state index contributed by atoms with van der Waals surface area (Å²) in [5.74, 6) is 0.206. The topological polar surface area (TPSA) is 23.2 Å². The Hall–Kier alpha value is -1.58. The quantitative estimate of drug-likeness (QED) is 0.695. The highest BCUT2D eigenvalue weighted by atomic mass is 32.2. The van der Waals surface area contributed by atoms with E-state index in [-0.39, 0.29) is 18.6 Å². The predicted octanol–water partition coefficient (Wildman–Crippen LogP) is 2.98. The Morgan fingerprint density at radius 3 is 2.48 bits per heavy atom. The molecule has 0 spiro atoms. The lowest BCUT2D eigenvalue weighted by Gasteiger charge is -2.28. The van der Waals surface area contributed by atoms with Crippen LogP contribution in [0.4, 0.5) is 0 Å². The molecule has 0 amide bonds. The molecule has 2 aromatic rings. The van der Waals surface area contributed by atoms with Crippen molar-refractivity contribution in [2.24, 2.45) is 0 Å². The van der Waals surface area contributed by atoms with Gasteiger partial charge in [-0.1, -0.05) is 30.3 Å². The maximum Gasteiger partial charge on any atom is 0.186 e. The summed E-state index contributed by atoms with van der Waals surface area (Å²) in [6, 6.07) is 17.2. The maximum absolute atomic E-state index is 9.85. The molecule has 2 aromatic carbocycles. The fraction of sp³-hybridized carbons (Fsp3) is 0.278. The molecule has 1 aliphatic rings. The third-order valence-corrected chi connectivity index (χ3v) is 4.99. The van der Waals surface area contributed by atoms with Gasteiger partial charge in [0.1, 0.15) is 13.7 Å². The van der Waals surface area contributed by atoms with Crippen molar-refractivity contribution in [3.05, 3.63) is 65.2 Å². The molecule has 1 heterocycles. The molecular formula is C18H20NOS+. The van der Waals surface area contributed by atoms with Crippen LogP contribution in [0.5, 0.6) is 0 Å². The Morgan fingerprint density at radius 2 is 1.81 bits per heavy atom. The van der Waals surface area contributed by atoms with Crippen LogP contribution in [0.15, 0.2) is 53.4 Å². The zero-order chi connectivity index (χ0) is 14.8. The molecule has 0 unspecified atom stereocenters. The first-order valence-electron chi connectivity index (χ1n) is 7.15. The highest BCUT2D eigenvalue weighted by molar-refractivity contribution is 7.98. The number of benzene rings is 2. The Balaban J connectivity index is 2.10. The van der Waals surface area contributed by atoms with Gasteiger partial charge in [0.2, 0.25) is 0 Å². The van der Waals surface area contributed by atoms with Crippen LogP contribution in [0, 0.1) is 0 Å². The van der Waals surface area contributed by atoms with E-state index in [4.69, 9.17) is 0 Å². The fourth-order valence-electron chi connectivity index (χ4n) is 3.12. The molecule has 0 aromatic heterocycles. The highest BCUT2D eigenvalue weighted by Crippen LogP contribution is 2.34. The molecule has 21 heavy (non-hydrogen) atoms. The molecule has 3 heteroatoms. The van der Waals surface area contributed by atoms with E-state index in [0.29, 0.717) is 0 Å². The smallest absolute Gasteiger partial charge is 0.186 e. The van der Waals surface area contributed by atoms with E-state index in [9.17, 15) is 5.11 Å². The average molecular weight is 298 g/mol. The number of rotatable bonds is 3. The van der Waals surface area contributed by atoms with Crippen LogP contribution >= 0.6 is 11.8 Å². The lowest BCUT2D eigenvalue weighted by Crippen LogP contribution is -2.38. The molecule has 108 valence electrons. The van der Waals surface area contributed by atoms with Gasteiger partial charge in [0.25, 0.3) is 0 Å². The number of thioether (sulfide) groups is 1. The summed E-state index contributed by atoms with van der Waals surface area (Å²) in [6.07, 6.45) is 4.22. The molecule has 0 bridgehead atoms. The molecule has 1 aliphatic heterocycles. The molecule has 0 saturated carbocycles. The van der Waals surface area contributed by atoms with Crippen molar-refractivity contribution in [1.82, 2.24) is 0 Å². The molecule has 1 N–H and O–H groups in total. The van der Waals surface area contributed by atoms with E-state index in [2.05, 4.69) is 65.6 Å². The molecule has 2 nitrogen and oxygen atoms in total. The van der Waals surface area contributed by atoms with E-state index in [1.807, 2.05) is 7.05 Å². The number of hydrogen-bond donors (Lipinski definition) is 1. The van der Waals surface area contributed by atoms with Gasteiger partial charge in [-0.15, -0.1) is 11.8 Å². The normalized spacial score (nSPS) is 20.8. The Morgan fingerprint density at radius 1 is 1.10 bits per heavy atom. The second-order valence-electron chi connectivity index (χ2n) is 5.42. The zero-order valence-corrected chi connectivity index (χ0v) is 13.2. The van der Waals surface area contributed by atoms with Crippen LogP contribution in [0.1, 0.15) is 22.6 Å². The highest BCUT2D eigenvalue weighted by Gasteiger charge is 2.35. The second kappa shape index (κ2) is 6.04. The minimum Gasteiger partial charge on any atom is -0.389 e. The lowest BCUT2D eigenvalue weighted by atomic mass is 9.81. The van der Waals surface area contributed by atoms with E-state index >= 15 is 0 Å². The van der Waals surface area contributed by atoms with Crippen molar-refractivity contribution in [1.29, 1.82) is 0 Å². The summed E-state index contributed by atoms with van der Waals surface area (Å²) in [5, 5.41) is 9.85. The third kappa shape index (κ3) is 2.63. The van der Waals surface area contributed by atoms with Crippen LogP contribution in [0.25, 0.3) is 0 Å². The Kier molecular flexibility index (Phi) is 4.13. The summed E-state index contributed by atoms with van der Waals surface area (Å²) in [7, 11) is 2.04. The summed E-state index contributed by atoms with van der Waals surface area (Å²) < 4.78 is 2.13. The monoisotopic (exact) mass is 298 g/mol. The summed E-state index contributed by atoms with van der Waals surface area (Å²) >= 11 is 1.75. The number of likely N-dealkylation sites (N-methyl/N-ethyl adjacent to an activating group) is 1. The van der Waals surface area contributed by atoms with Crippen molar-refractivity contribution in [3.63, 3.8) is 0 Å². The molecule has 0 saturated heterocycles. The molecule has 0 radical (unpaired) electrons. The van der Waals surface area contributed by atoms with Crippen molar-refractivity contribution >= 4 is 18.0 Å². The predicted molar refractivity (Wildman–Crippen MR) is 88.7 cm³/mol. The minimum absolute atomic E-state index is 0.0834. The number of nitrogens with zero attached hydrogens (tertiary/aromatic N) is 1. The number of aliphatic hydroxyl groups is 1. The first kappa shape index (κ1) is 14.4. The molecule has 0 fully saturated rings. The third-order valence-electron chi connectivity index (χ3n) is 4.24. The molecule has 2 atom stereocenters. The van der Waals surface area contributed by atoms with Gasteiger partial charge >= 0.3 is 0 Å². The van der Waals surface area contributed by atoms with Crippen LogP contribution < -0.4 is 0 Å². The largest absolute Gasteiger partial charge is 0.389 e. The second-order valence-corrected chi connectivity index (χ2v) is 6.30. The number of hydrogen-bond acceptors (Lipinski definition) is 2. The van der Waals surface area contributed by atoms with Crippen molar-refractivity contribution in [2.75, 3.05) is 19.9 Å². The van der Waals surface area contributed by atoms with E-state index in [1.54, 1.807) is 11.8 Å². The zero-order valence-electron chi connectivity index (χ0n) is 12.4. The number of aliphatic hydroxyl groups excluding tert-OH is 1. The number of fused-ring (bicyclic) bond motifs is 1. The maximum atomic E-state index is 9.85. The van der Waals surface area contributed by atoms with Gasteiger partial charge in [-0.2, -0.15) is 0 Å². The van der Waals surface area contributed by atoms with E-state index in [0.717, 1.165) is 0 Å².